The normalized spacial score (nSPS) is 15.7. The Morgan fingerprint density at radius 2 is 1.24 bits per heavy atom. The number of pyridine rings is 1. The molecule has 0 unspecified atom stereocenters. The van der Waals surface area contributed by atoms with E-state index in [4.69, 9.17) is 26.2 Å². The number of ether oxygens (including phenoxy) is 1. The van der Waals surface area contributed by atoms with Crippen LogP contribution in [0.2, 0.25) is 0 Å². The van der Waals surface area contributed by atoms with Crippen LogP contribution in [-0.4, -0.2) is 14.1 Å². The van der Waals surface area contributed by atoms with Gasteiger partial charge in [0.1, 0.15) is 17.3 Å². The van der Waals surface area contributed by atoms with Gasteiger partial charge in [0.2, 0.25) is 0 Å². The highest BCUT2D eigenvalue weighted by molar-refractivity contribution is 6.09. The van der Waals surface area contributed by atoms with E-state index in [2.05, 4.69) is 6.33 Å². The maximum atomic E-state index is 9.34. The lowest BCUT2D eigenvalue weighted by Gasteiger charge is -2.19. The Balaban J connectivity index is 1.20. The first kappa shape index (κ1) is 27.0. The maximum Gasteiger partial charge on any atom is 0.269 e. The van der Waals surface area contributed by atoms with E-state index in [9.17, 15) is 2.74 Å². The Kier molecular flexibility index (Phi) is 6.80. The molecule has 310 valence electrons. The lowest BCUT2D eigenvalue weighted by molar-refractivity contribution is -0.571. The Bertz CT molecular complexity index is 3930. The second-order valence-electron chi connectivity index (χ2n) is 17.5. The summed E-state index contributed by atoms with van der Waals surface area (Å²) < 4.78 is 136. The van der Waals surface area contributed by atoms with Crippen LogP contribution in [0.5, 0.6) is 11.5 Å². The average molecular weight is 835 g/mol. The van der Waals surface area contributed by atoms with Crippen LogP contribution in [-0.2, 0) is 12.7 Å². The minimum Gasteiger partial charge on any atom is -0.458 e. The smallest absolute Gasteiger partial charge is 0.269 e. The lowest BCUT2D eigenvalue weighted by atomic mass is 9.88. The van der Waals surface area contributed by atoms with Gasteiger partial charge < -0.3 is 4.74 Å². The fraction of sp³-hybridized carbons (Fsp3) is 0.172. The van der Waals surface area contributed by atoms with Crippen LogP contribution in [0.4, 0.5) is 0 Å². The van der Waals surface area contributed by atoms with Gasteiger partial charge in [-0.15, -0.1) is 0 Å². The van der Waals surface area contributed by atoms with Crippen molar-refractivity contribution in [3.8, 4) is 50.9 Å². The molecule has 7 aromatic carbocycles. The minimum absolute atomic E-state index is 0.0699. The van der Waals surface area contributed by atoms with Crippen LogP contribution in [0.25, 0.3) is 72.3 Å². The summed E-state index contributed by atoms with van der Waals surface area (Å²) in [5.41, 5.74) is 1.94. The van der Waals surface area contributed by atoms with Crippen LogP contribution >= 0.6 is 0 Å². The summed E-state index contributed by atoms with van der Waals surface area (Å²) >= 11 is 0. The number of aromatic nitrogens is 4. The summed E-state index contributed by atoms with van der Waals surface area (Å²) in [4.78, 5) is 4.74. The fourth-order valence-electron chi connectivity index (χ4n) is 8.07. The molecular formula is C58H52N4O. The second-order valence-corrected chi connectivity index (χ2v) is 17.5. The highest BCUT2D eigenvalue weighted by Crippen LogP contribution is 2.38. The van der Waals surface area contributed by atoms with Crippen molar-refractivity contribution >= 4 is 32.8 Å². The fourth-order valence-corrected chi connectivity index (χ4v) is 8.07. The Labute approximate surface area is 390 Å². The van der Waals surface area contributed by atoms with Crippen LogP contribution in [0.1, 0.15) is 71.9 Å². The van der Waals surface area contributed by atoms with Crippen LogP contribution < -0.4 is 9.30 Å². The molecule has 10 rings (SSSR count). The molecule has 0 aliphatic heterocycles. The van der Waals surface area contributed by atoms with Gasteiger partial charge in [0, 0.05) is 28.5 Å². The van der Waals surface area contributed by atoms with Crippen LogP contribution in [0, 0.1) is 17.2 Å². The van der Waals surface area contributed by atoms with Crippen molar-refractivity contribution in [1.29, 1.82) is 0 Å². The quantitative estimate of drug-likeness (QED) is 0.107. The van der Waals surface area contributed by atoms with E-state index in [1.807, 2.05) is 67.8 Å². The predicted molar refractivity (Wildman–Crippen MR) is 259 cm³/mol. The summed E-state index contributed by atoms with van der Waals surface area (Å²) in [6.07, 6.45) is 1.47. The molecule has 0 saturated carbocycles. The molecule has 0 fully saturated rings. The molecule has 0 radical (unpaired) electrons. The van der Waals surface area contributed by atoms with Gasteiger partial charge in [0.15, 0.2) is 0 Å². The van der Waals surface area contributed by atoms with Crippen molar-refractivity contribution in [3.63, 3.8) is 0 Å². The van der Waals surface area contributed by atoms with Crippen molar-refractivity contribution in [2.75, 3.05) is 0 Å². The number of hydrogen-bond acceptors (Lipinski definition) is 2. The van der Waals surface area contributed by atoms with Crippen molar-refractivity contribution in [2.45, 2.75) is 54.3 Å². The first-order valence-corrected chi connectivity index (χ1v) is 20.7. The molecule has 0 aliphatic carbocycles. The van der Waals surface area contributed by atoms with Crippen molar-refractivity contribution in [2.24, 2.45) is 10.8 Å². The summed E-state index contributed by atoms with van der Waals surface area (Å²) in [7, 11) is 0. The van der Waals surface area contributed by atoms with E-state index in [-0.39, 0.29) is 27.9 Å². The van der Waals surface area contributed by atoms with E-state index < -0.39 is 84.0 Å². The zero-order chi connectivity index (χ0) is 55.6. The van der Waals surface area contributed by atoms with Crippen molar-refractivity contribution in [3.05, 3.63) is 199 Å². The molecule has 0 aliphatic rings. The van der Waals surface area contributed by atoms with Gasteiger partial charge in [-0.2, -0.15) is 0 Å². The number of nitrogens with zero attached hydrogens (tertiary/aromatic N) is 4. The summed E-state index contributed by atoms with van der Waals surface area (Å²) in [6, 6.07) is 28.1. The van der Waals surface area contributed by atoms with Gasteiger partial charge in [0.05, 0.1) is 47.1 Å². The molecule has 10 aromatic rings. The van der Waals surface area contributed by atoms with E-state index in [1.54, 1.807) is 103 Å². The third-order valence-corrected chi connectivity index (χ3v) is 10.4. The van der Waals surface area contributed by atoms with Gasteiger partial charge in [-0.3, -0.25) is 13.7 Å². The monoisotopic (exact) mass is 835 g/mol. The standard InChI is InChI=1S/C58H52N4O/c1-57(2,3)37-40-27-30-52-54(33-40)60(39-61(52)56-47(42-17-9-7-10-18-42)24-16-25-48(56)43-19-11-8-12-20-43)44-21-15-22-45(35-44)63-46-28-29-50-49-23-13-14-26-51(49)62(53(50)36-46)55-34-41(31-32-59-55)38-58(4,5)6/h7-36H,37-38H2,1-6H3/i7D,8D,9D,10D,11D,12D,17D,18D,19D,20D,37D2,38D2. The van der Waals surface area contributed by atoms with E-state index in [1.165, 1.54) is 6.07 Å². The molecule has 63 heavy (non-hydrogen) atoms. The zero-order valence-electron chi connectivity index (χ0n) is 49.7. The summed E-state index contributed by atoms with van der Waals surface area (Å²) in [6.45, 7) is 11.0. The van der Waals surface area contributed by atoms with Crippen molar-refractivity contribution in [1.82, 2.24) is 14.1 Å². The number of imidazole rings is 1. The molecular weight excluding hydrogens is 769 g/mol. The van der Waals surface area contributed by atoms with Crippen LogP contribution in [0.3, 0.4) is 0 Å². The maximum absolute atomic E-state index is 9.34. The third kappa shape index (κ3) is 8.03. The first-order chi connectivity index (χ1) is 36.1. The molecule has 5 nitrogen and oxygen atoms in total. The zero-order valence-corrected chi connectivity index (χ0v) is 35.7. The number of hydrogen-bond donors (Lipinski definition) is 0. The number of rotatable bonds is 9. The molecule has 0 atom stereocenters. The van der Waals surface area contributed by atoms with Crippen LogP contribution in [0.15, 0.2) is 182 Å². The largest absolute Gasteiger partial charge is 0.458 e. The number of benzene rings is 7. The Hall–Kier alpha value is -7.24. The Morgan fingerprint density at radius 3 is 1.94 bits per heavy atom. The van der Waals surface area contributed by atoms with Gasteiger partial charge in [-0.1, -0.05) is 162 Å². The van der Waals surface area contributed by atoms with Gasteiger partial charge in [-0.25, -0.2) is 4.98 Å². The number of para-hydroxylation sites is 2. The molecule has 3 aromatic heterocycles. The minimum atomic E-state index is -1.88. The lowest BCUT2D eigenvalue weighted by Crippen LogP contribution is -2.31. The highest BCUT2D eigenvalue weighted by Gasteiger charge is 2.22. The Morgan fingerprint density at radius 1 is 0.603 bits per heavy atom. The SMILES string of the molecule is [2H]c1c([2H])c([2H])c(-c2cccc(-c3c([2H])c([2H])c([2H])c([2H])c3[2H])c2-[n+]2[c-]n(-c3cccc(Oc4ccc5c6ccccc6n(-c6cc(C([2H])([2H])C(C)(C)C)ccn6)c5c4)c3)c3cc(C([2H])([2H])C(C)(C)C)ccc32)c([2H])c1[2H]. The summed E-state index contributed by atoms with van der Waals surface area (Å²) in [5, 5.41) is 1.88. The molecule has 0 amide bonds. The number of fused-ring (bicyclic) bond motifs is 4. The van der Waals surface area contributed by atoms with E-state index >= 15 is 0 Å². The molecule has 5 heteroatoms. The van der Waals surface area contributed by atoms with Gasteiger partial charge >= 0.3 is 0 Å². The van der Waals surface area contributed by atoms with E-state index in [0.717, 1.165) is 21.8 Å². The third-order valence-electron chi connectivity index (χ3n) is 10.4. The molecule has 0 saturated heterocycles. The second kappa shape index (κ2) is 15.9. The topological polar surface area (TPSA) is 35.9 Å². The van der Waals surface area contributed by atoms with E-state index in [0.29, 0.717) is 45.2 Å². The predicted octanol–water partition coefficient (Wildman–Crippen LogP) is 14.5. The van der Waals surface area contributed by atoms with Crippen molar-refractivity contribution < 1.29 is 28.5 Å². The summed E-state index contributed by atoms with van der Waals surface area (Å²) in [5.74, 6) is 1.39. The molecule has 3 heterocycles. The van der Waals surface area contributed by atoms with Gasteiger partial charge in [-0.05, 0) is 106 Å². The average Bonchev–Trinajstić information content (AvgIpc) is 3.97. The first-order valence-electron chi connectivity index (χ1n) is 27.7. The molecule has 0 bridgehead atoms. The highest BCUT2D eigenvalue weighted by atomic mass is 16.5. The molecule has 0 N–H and O–H groups in total. The van der Waals surface area contributed by atoms with Gasteiger partial charge in [0.25, 0.3) is 6.33 Å². The molecule has 0 spiro atoms.